The van der Waals surface area contributed by atoms with Gasteiger partial charge in [-0.15, -0.1) is 11.3 Å². The van der Waals surface area contributed by atoms with E-state index in [1.807, 2.05) is 11.4 Å². The lowest BCUT2D eigenvalue weighted by Gasteiger charge is -2.06. The molecule has 1 heterocycles. The first-order valence-corrected chi connectivity index (χ1v) is 8.72. The molecule has 124 valence electrons. The van der Waals surface area contributed by atoms with Gasteiger partial charge in [-0.1, -0.05) is 35.9 Å². The molecule has 0 saturated heterocycles. The van der Waals surface area contributed by atoms with Crippen LogP contribution in [0.1, 0.15) is 25.6 Å². The summed E-state index contributed by atoms with van der Waals surface area (Å²) in [6, 6.07) is 17.2. The van der Waals surface area contributed by atoms with Crippen LogP contribution in [0.3, 0.4) is 0 Å². The molecule has 0 aliphatic heterocycles. The zero-order valence-electron chi connectivity index (χ0n) is 13.0. The highest BCUT2D eigenvalue weighted by Gasteiger charge is 2.11. The van der Waals surface area contributed by atoms with E-state index in [0.29, 0.717) is 26.8 Å². The van der Waals surface area contributed by atoms with Crippen molar-refractivity contribution in [2.24, 2.45) is 0 Å². The zero-order chi connectivity index (χ0) is 17.6. The van der Waals surface area contributed by atoms with Crippen molar-refractivity contribution in [1.82, 2.24) is 0 Å². The lowest BCUT2D eigenvalue weighted by molar-refractivity contribution is 0.0739. The number of benzene rings is 2. The number of rotatable bonds is 5. The van der Waals surface area contributed by atoms with E-state index in [4.69, 9.17) is 16.3 Å². The van der Waals surface area contributed by atoms with Gasteiger partial charge in [0.05, 0.1) is 0 Å². The van der Waals surface area contributed by atoms with Crippen LogP contribution >= 0.6 is 22.9 Å². The summed E-state index contributed by atoms with van der Waals surface area (Å²) >= 11 is 7.14. The summed E-state index contributed by atoms with van der Waals surface area (Å²) in [4.78, 5) is 24.8. The van der Waals surface area contributed by atoms with Crippen LogP contribution < -0.4 is 4.74 Å². The molecule has 3 aromatic rings. The molecule has 5 heteroatoms. The van der Waals surface area contributed by atoms with E-state index in [1.54, 1.807) is 60.7 Å². The summed E-state index contributed by atoms with van der Waals surface area (Å²) in [7, 11) is 0. The summed E-state index contributed by atoms with van der Waals surface area (Å²) in [6.07, 6.45) is 3.08. The van der Waals surface area contributed by atoms with Gasteiger partial charge in [-0.25, -0.2) is 4.79 Å². The van der Waals surface area contributed by atoms with Crippen LogP contribution in [0.25, 0.3) is 6.08 Å². The highest BCUT2D eigenvalue weighted by atomic mass is 35.5. The van der Waals surface area contributed by atoms with E-state index in [9.17, 15) is 9.59 Å². The van der Waals surface area contributed by atoms with Crippen LogP contribution in [0.15, 0.2) is 72.1 Å². The monoisotopic (exact) mass is 368 g/mol. The number of halogens is 1. The number of allylic oxidation sites excluding steroid dienone is 1. The van der Waals surface area contributed by atoms with E-state index in [1.165, 1.54) is 17.4 Å². The lowest BCUT2D eigenvalue weighted by atomic mass is 10.1. The number of thiophene rings is 1. The fraction of sp³-hybridized carbons (Fsp3) is 0. The number of carbonyl (C=O) groups is 2. The zero-order valence-corrected chi connectivity index (χ0v) is 14.6. The third-order valence-corrected chi connectivity index (χ3v) is 4.49. The largest absolute Gasteiger partial charge is 0.422 e. The number of carbonyl (C=O) groups excluding carboxylic acids is 2. The Morgan fingerprint density at radius 1 is 0.960 bits per heavy atom. The molecule has 3 rings (SSSR count). The third kappa shape index (κ3) is 4.44. The minimum atomic E-state index is -0.417. The minimum Gasteiger partial charge on any atom is -0.422 e. The predicted molar refractivity (Wildman–Crippen MR) is 101 cm³/mol. The number of ether oxygens (including phenoxy) is 1. The molecular formula is C20H13ClO3S. The Bertz CT molecular complexity index is 912. The number of para-hydroxylation sites is 1. The molecule has 0 saturated carbocycles. The summed E-state index contributed by atoms with van der Waals surface area (Å²) in [5, 5.41) is 2.39. The Hall–Kier alpha value is -2.69. The Kier molecular flexibility index (Phi) is 5.43. The van der Waals surface area contributed by atoms with E-state index in [2.05, 4.69) is 0 Å². The van der Waals surface area contributed by atoms with Crippen molar-refractivity contribution < 1.29 is 14.3 Å². The van der Waals surface area contributed by atoms with Crippen LogP contribution in [0.2, 0.25) is 5.02 Å². The lowest BCUT2D eigenvalue weighted by Crippen LogP contribution is -2.07. The van der Waals surface area contributed by atoms with Crippen LogP contribution in [-0.4, -0.2) is 11.8 Å². The van der Waals surface area contributed by atoms with Crippen molar-refractivity contribution in [3.05, 3.63) is 93.1 Å². The van der Waals surface area contributed by atoms with E-state index in [-0.39, 0.29) is 5.78 Å². The van der Waals surface area contributed by atoms with E-state index >= 15 is 0 Å². The molecule has 0 unspecified atom stereocenters. The molecule has 0 N–H and O–H groups in total. The van der Waals surface area contributed by atoms with Gasteiger partial charge in [0.1, 0.15) is 10.6 Å². The summed E-state index contributed by atoms with van der Waals surface area (Å²) in [6.45, 7) is 0. The Morgan fingerprint density at radius 3 is 2.44 bits per heavy atom. The first-order chi connectivity index (χ1) is 12.1. The van der Waals surface area contributed by atoms with Crippen LogP contribution in [-0.2, 0) is 0 Å². The average molecular weight is 369 g/mol. The smallest absolute Gasteiger partial charge is 0.353 e. The highest BCUT2D eigenvalue weighted by molar-refractivity contribution is 7.12. The van der Waals surface area contributed by atoms with E-state index < -0.39 is 5.97 Å². The van der Waals surface area contributed by atoms with Crippen molar-refractivity contribution >= 4 is 40.8 Å². The second kappa shape index (κ2) is 7.92. The predicted octanol–water partition coefficient (Wildman–Crippen LogP) is 5.52. The van der Waals surface area contributed by atoms with Gasteiger partial charge in [-0.05, 0) is 53.9 Å². The highest BCUT2D eigenvalue weighted by Crippen LogP contribution is 2.22. The van der Waals surface area contributed by atoms with Gasteiger partial charge in [0.15, 0.2) is 5.78 Å². The number of hydrogen-bond acceptors (Lipinski definition) is 4. The Balaban J connectivity index is 1.77. The summed E-state index contributed by atoms with van der Waals surface area (Å²) < 4.78 is 5.44. The maximum atomic E-state index is 12.2. The van der Waals surface area contributed by atoms with Gasteiger partial charge in [-0.3, -0.25) is 4.79 Å². The van der Waals surface area contributed by atoms with Gasteiger partial charge >= 0.3 is 5.97 Å². The number of hydrogen-bond donors (Lipinski definition) is 0. The average Bonchev–Trinajstić information content (AvgIpc) is 3.16. The molecule has 0 amide bonds. The van der Waals surface area contributed by atoms with Crippen LogP contribution in [0, 0.1) is 0 Å². The SMILES string of the molecule is O=C(C=Cc1ccccc1OC(=O)c1cccs1)c1ccc(Cl)cc1. The summed E-state index contributed by atoms with van der Waals surface area (Å²) in [5.41, 5.74) is 1.18. The topological polar surface area (TPSA) is 43.4 Å². The van der Waals surface area contributed by atoms with Crippen molar-refractivity contribution in [2.75, 3.05) is 0 Å². The normalized spacial score (nSPS) is 10.8. The maximum absolute atomic E-state index is 12.2. The second-order valence-electron chi connectivity index (χ2n) is 5.11. The molecule has 0 spiro atoms. The molecule has 0 fully saturated rings. The summed E-state index contributed by atoms with van der Waals surface area (Å²) in [5.74, 6) is -0.169. The molecule has 0 aliphatic rings. The van der Waals surface area contributed by atoms with Gasteiger partial charge in [0.2, 0.25) is 0 Å². The van der Waals surface area contributed by atoms with Crippen molar-refractivity contribution in [2.45, 2.75) is 0 Å². The fourth-order valence-corrected chi connectivity index (χ4v) is 2.86. The third-order valence-electron chi connectivity index (χ3n) is 3.39. The second-order valence-corrected chi connectivity index (χ2v) is 6.49. The van der Waals surface area contributed by atoms with Crippen molar-refractivity contribution in [3.8, 4) is 5.75 Å². The molecule has 3 nitrogen and oxygen atoms in total. The molecule has 0 aliphatic carbocycles. The molecule has 1 aromatic heterocycles. The van der Waals surface area contributed by atoms with Crippen LogP contribution in [0.4, 0.5) is 0 Å². The quantitative estimate of drug-likeness (QED) is 0.258. The molecule has 2 aromatic carbocycles. The minimum absolute atomic E-state index is 0.156. The van der Waals surface area contributed by atoms with Crippen molar-refractivity contribution in [1.29, 1.82) is 0 Å². The Labute approximate surface area is 154 Å². The number of ketones is 1. The van der Waals surface area contributed by atoms with E-state index in [0.717, 1.165) is 0 Å². The number of esters is 1. The standard InChI is InChI=1S/C20H13ClO3S/c21-16-10-7-14(8-11-16)17(22)12-9-15-4-1-2-5-18(15)24-20(23)19-6-3-13-25-19/h1-13H. The van der Waals surface area contributed by atoms with Gasteiger partial charge in [0.25, 0.3) is 0 Å². The van der Waals surface area contributed by atoms with Gasteiger partial charge in [0, 0.05) is 16.1 Å². The first kappa shape index (κ1) is 17.1. The van der Waals surface area contributed by atoms with Crippen molar-refractivity contribution in [3.63, 3.8) is 0 Å². The molecule has 0 bridgehead atoms. The maximum Gasteiger partial charge on any atom is 0.353 e. The molecular weight excluding hydrogens is 356 g/mol. The van der Waals surface area contributed by atoms with Gasteiger partial charge < -0.3 is 4.74 Å². The Morgan fingerprint density at radius 2 is 1.72 bits per heavy atom. The fourth-order valence-electron chi connectivity index (χ4n) is 2.13. The molecule has 0 atom stereocenters. The molecule has 0 radical (unpaired) electrons. The van der Waals surface area contributed by atoms with Crippen LogP contribution in [0.5, 0.6) is 5.75 Å². The molecule has 25 heavy (non-hydrogen) atoms. The first-order valence-electron chi connectivity index (χ1n) is 7.46. The van der Waals surface area contributed by atoms with Gasteiger partial charge in [-0.2, -0.15) is 0 Å².